The van der Waals surface area contributed by atoms with Crippen LogP contribution < -0.4 is 5.32 Å². The minimum absolute atomic E-state index is 0.480. The third-order valence-electron chi connectivity index (χ3n) is 3.22. The van der Waals surface area contributed by atoms with E-state index in [0.29, 0.717) is 5.92 Å². The van der Waals surface area contributed by atoms with Gasteiger partial charge in [0.15, 0.2) is 5.82 Å². The lowest BCUT2D eigenvalue weighted by Gasteiger charge is -2.20. The smallest absolute Gasteiger partial charge is 0.181 e. The molecule has 1 aromatic heterocycles. The van der Waals surface area contributed by atoms with Crippen LogP contribution in [0, 0.1) is 0 Å². The Kier molecular flexibility index (Phi) is 2.88. The van der Waals surface area contributed by atoms with Crippen LogP contribution >= 0.6 is 0 Å². The molecule has 1 saturated heterocycles. The van der Waals surface area contributed by atoms with Crippen molar-refractivity contribution >= 4 is 0 Å². The van der Waals surface area contributed by atoms with Gasteiger partial charge in [0.25, 0.3) is 0 Å². The molecule has 2 N–H and O–H groups in total. The van der Waals surface area contributed by atoms with Crippen molar-refractivity contribution in [2.24, 2.45) is 0 Å². The van der Waals surface area contributed by atoms with Gasteiger partial charge >= 0.3 is 0 Å². The lowest BCUT2D eigenvalue weighted by molar-refractivity contribution is 0.447. The van der Waals surface area contributed by atoms with E-state index in [1.54, 1.807) is 0 Å². The van der Waals surface area contributed by atoms with Crippen molar-refractivity contribution in [3.63, 3.8) is 0 Å². The van der Waals surface area contributed by atoms with E-state index >= 15 is 0 Å². The molecule has 4 nitrogen and oxygen atoms in total. The third kappa shape index (κ3) is 2.22. The maximum Gasteiger partial charge on any atom is 0.181 e. The Bertz CT molecular complexity index is 471. The molecule has 4 heteroatoms. The summed E-state index contributed by atoms with van der Waals surface area (Å²) in [4.78, 5) is 4.60. The molecule has 1 unspecified atom stereocenters. The van der Waals surface area contributed by atoms with Gasteiger partial charge in [-0.05, 0) is 19.4 Å². The van der Waals surface area contributed by atoms with Crippen LogP contribution in [0.25, 0.3) is 11.4 Å². The molecule has 1 aliphatic heterocycles. The minimum atomic E-state index is 0.480. The second-order valence-corrected chi connectivity index (χ2v) is 4.45. The highest BCUT2D eigenvalue weighted by molar-refractivity contribution is 5.53. The van der Waals surface area contributed by atoms with E-state index in [1.807, 2.05) is 30.3 Å². The molecule has 0 radical (unpaired) electrons. The maximum atomic E-state index is 4.60. The quantitative estimate of drug-likeness (QED) is 0.826. The predicted octanol–water partition coefficient (Wildman–Crippen LogP) is 1.94. The van der Waals surface area contributed by atoms with Gasteiger partial charge in [0.1, 0.15) is 5.82 Å². The molecule has 17 heavy (non-hydrogen) atoms. The molecule has 88 valence electrons. The first-order valence-corrected chi connectivity index (χ1v) is 6.12. The highest BCUT2D eigenvalue weighted by atomic mass is 15.2. The zero-order valence-electron chi connectivity index (χ0n) is 9.69. The van der Waals surface area contributed by atoms with Gasteiger partial charge in [-0.3, -0.25) is 5.10 Å². The molecule has 0 aliphatic carbocycles. The zero-order chi connectivity index (χ0) is 11.5. The van der Waals surface area contributed by atoms with Crippen molar-refractivity contribution in [2.45, 2.75) is 18.8 Å². The van der Waals surface area contributed by atoms with Crippen molar-refractivity contribution in [1.82, 2.24) is 20.5 Å². The molecule has 3 rings (SSSR count). The van der Waals surface area contributed by atoms with Crippen LogP contribution in [0.4, 0.5) is 0 Å². The first-order chi connectivity index (χ1) is 8.43. The van der Waals surface area contributed by atoms with Crippen LogP contribution in [0.2, 0.25) is 0 Å². The highest BCUT2D eigenvalue weighted by Crippen LogP contribution is 2.22. The van der Waals surface area contributed by atoms with E-state index in [2.05, 4.69) is 20.5 Å². The lowest BCUT2D eigenvalue weighted by atomic mass is 9.99. The summed E-state index contributed by atoms with van der Waals surface area (Å²) in [5, 5.41) is 10.8. The molecular weight excluding hydrogens is 212 g/mol. The average Bonchev–Trinajstić information content (AvgIpc) is 2.90. The van der Waals surface area contributed by atoms with Crippen LogP contribution in [0.15, 0.2) is 30.3 Å². The molecule has 1 fully saturated rings. The van der Waals surface area contributed by atoms with E-state index in [-0.39, 0.29) is 0 Å². The van der Waals surface area contributed by atoms with Gasteiger partial charge < -0.3 is 5.32 Å². The molecule has 0 spiro atoms. The fraction of sp³-hybridized carbons (Fsp3) is 0.385. The number of nitrogens with one attached hydrogen (secondary N) is 2. The summed E-state index contributed by atoms with van der Waals surface area (Å²) >= 11 is 0. The largest absolute Gasteiger partial charge is 0.316 e. The molecule has 0 saturated carbocycles. The van der Waals surface area contributed by atoms with Crippen molar-refractivity contribution in [1.29, 1.82) is 0 Å². The Morgan fingerprint density at radius 3 is 2.82 bits per heavy atom. The summed E-state index contributed by atoms with van der Waals surface area (Å²) in [6, 6.07) is 10.1. The number of rotatable bonds is 2. The van der Waals surface area contributed by atoms with Crippen molar-refractivity contribution in [2.75, 3.05) is 13.1 Å². The molecule has 1 aromatic carbocycles. The van der Waals surface area contributed by atoms with Gasteiger partial charge in [-0.25, -0.2) is 4.98 Å². The highest BCUT2D eigenvalue weighted by Gasteiger charge is 2.18. The molecule has 2 heterocycles. The summed E-state index contributed by atoms with van der Waals surface area (Å²) in [5.41, 5.74) is 1.07. The molecule has 0 bridgehead atoms. The Labute approximate surface area is 100 Å². The van der Waals surface area contributed by atoms with Crippen LogP contribution in [0.3, 0.4) is 0 Å². The van der Waals surface area contributed by atoms with Crippen molar-refractivity contribution in [3.8, 4) is 11.4 Å². The van der Waals surface area contributed by atoms with Crippen LogP contribution in [0.1, 0.15) is 24.6 Å². The van der Waals surface area contributed by atoms with Gasteiger partial charge in [0.05, 0.1) is 0 Å². The average molecular weight is 228 g/mol. The first kappa shape index (κ1) is 10.5. The van der Waals surface area contributed by atoms with E-state index in [1.165, 1.54) is 12.8 Å². The number of hydrogen-bond acceptors (Lipinski definition) is 3. The summed E-state index contributed by atoms with van der Waals surface area (Å²) in [7, 11) is 0. The minimum Gasteiger partial charge on any atom is -0.316 e. The SMILES string of the molecule is c1ccc(-c2n[nH]c(C3CCCNC3)n2)cc1. The fourth-order valence-electron chi connectivity index (χ4n) is 2.26. The van der Waals surface area contributed by atoms with Crippen LogP contribution in [0.5, 0.6) is 0 Å². The Balaban J connectivity index is 1.83. The topological polar surface area (TPSA) is 53.6 Å². The van der Waals surface area contributed by atoms with E-state index in [9.17, 15) is 0 Å². The molecular formula is C13H16N4. The number of benzene rings is 1. The normalized spacial score (nSPS) is 20.4. The van der Waals surface area contributed by atoms with Crippen LogP contribution in [-0.4, -0.2) is 28.3 Å². The Morgan fingerprint density at radius 2 is 2.06 bits per heavy atom. The fourth-order valence-corrected chi connectivity index (χ4v) is 2.26. The predicted molar refractivity (Wildman–Crippen MR) is 66.7 cm³/mol. The van der Waals surface area contributed by atoms with Crippen LogP contribution in [-0.2, 0) is 0 Å². The maximum absolute atomic E-state index is 4.60. The van der Waals surface area contributed by atoms with E-state index < -0.39 is 0 Å². The number of piperidine rings is 1. The molecule has 1 atom stereocenters. The number of nitrogens with zero attached hydrogens (tertiary/aromatic N) is 2. The summed E-state index contributed by atoms with van der Waals surface area (Å²) in [6.07, 6.45) is 2.41. The second kappa shape index (κ2) is 4.67. The number of H-pyrrole nitrogens is 1. The number of aromatic amines is 1. The van der Waals surface area contributed by atoms with Gasteiger partial charge in [-0.15, -0.1) is 0 Å². The third-order valence-corrected chi connectivity index (χ3v) is 3.22. The zero-order valence-corrected chi connectivity index (χ0v) is 9.69. The van der Waals surface area contributed by atoms with Gasteiger partial charge in [0.2, 0.25) is 0 Å². The van der Waals surface area contributed by atoms with E-state index in [4.69, 9.17) is 0 Å². The second-order valence-electron chi connectivity index (χ2n) is 4.45. The van der Waals surface area contributed by atoms with E-state index in [0.717, 1.165) is 30.3 Å². The summed E-state index contributed by atoms with van der Waals surface area (Å²) in [5.74, 6) is 2.29. The van der Waals surface area contributed by atoms with Gasteiger partial charge in [0, 0.05) is 18.0 Å². The first-order valence-electron chi connectivity index (χ1n) is 6.12. The molecule has 2 aromatic rings. The Morgan fingerprint density at radius 1 is 1.18 bits per heavy atom. The number of aromatic nitrogens is 3. The molecule has 1 aliphatic rings. The monoisotopic (exact) mass is 228 g/mol. The van der Waals surface area contributed by atoms with Gasteiger partial charge in [-0.1, -0.05) is 30.3 Å². The summed E-state index contributed by atoms with van der Waals surface area (Å²) < 4.78 is 0. The van der Waals surface area contributed by atoms with Crippen molar-refractivity contribution in [3.05, 3.63) is 36.2 Å². The molecule has 0 amide bonds. The standard InChI is InChI=1S/C13H16N4/c1-2-5-10(6-3-1)12-15-13(17-16-12)11-7-4-8-14-9-11/h1-3,5-6,11,14H,4,7-9H2,(H,15,16,17). The van der Waals surface area contributed by atoms with Crippen molar-refractivity contribution < 1.29 is 0 Å². The number of hydrogen-bond donors (Lipinski definition) is 2. The van der Waals surface area contributed by atoms with Gasteiger partial charge in [-0.2, -0.15) is 5.10 Å². The Hall–Kier alpha value is -1.68. The lowest BCUT2D eigenvalue weighted by Crippen LogP contribution is -2.28. The summed E-state index contributed by atoms with van der Waals surface area (Å²) in [6.45, 7) is 2.12.